The fourth-order valence-corrected chi connectivity index (χ4v) is 3.95. The highest BCUT2D eigenvalue weighted by atomic mass is 17.2. The summed E-state index contributed by atoms with van der Waals surface area (Å²) in [5, 5.41) is 0. The molecule has 6 nitrogen and oxygen atoms in total. The molecule has 0 saturated heterocycles. The summed E-state index contributed by atoms with van der Waals surface area (Å²) >= 11 is 0. The van der Waals surface area contributed by atoms with Crippen molar-refractivity contribution in [3.8, 4) is 0 Å². The normalized spacial score (nSPS) is 22.2. The Balaban J connectivity index is 2.05. The molecule has 0 bridgehead atoms. The van der Waals surface area contributed by atoms with Crippen LogP contribution in [0.1, 0.15) is 78.1 Å². The minimum Gasteiger partial charge on any atom is -0.299 e. The van der Waals surface area contributed by atoms with Gasteiger partial charge < -0.3 is 0 Å². The first kappa shape index (κ1) is 18.6. The van der Waals surface area contributed by atoms with Gasteiger partial charge in [0, 0.05) is 0 Å². The molecule has 0 aliphatic heterocycles. The highest BCUT2D eigenvalue weighted by Crippen LogP contribution is 2.40. The Morgan fingerprint density at radius 1 is 0.583 bits per heavy atom. The molecule has 0 heterocycles. The lowest BCUT2D eigenvalue weighted by Crippen LogP contribution is -2.44. The van der Waals surface area contributed by atoms with Crippen molar-refractivity contribution in [1.29, 1.82) is 0 Å². The Morgan fingerprint density at radius 3 is 1.12 bits per heavy atom. The molecule has 0 unspecified atom stereocenters. The first-order valence-electron chi connectivity index (χ1n) is 8.81. The second-order valence-corrected chi connectivity index (χ2v) is 7.14. The number of carbonyl (C=O) groups is 4. The number of hydrogen-bond acceptors (Lipinski definition) is 6. The minimum atomic E-state index is -1.21. The van der Waals surface area contributed by atoms with Crippen LogP contribution in [0.25, 0.3) is 0 Å². The van der Waals surface area contributed by atoms with Gasteiger partial charge in [-0.2, -0.15) is 0 Å². The summed E-state index contributed by atoms with van der Waals surface area (Å²) in [6, 6.07) is 0. The highest BCUT2D eigenvalue weighted by Gasteiger charge is 2.49. The van der Waals surface area contributed by atoms with Crippen LogP contribution >= 0.6 is 0 Å². The molecule has 0 N–H and O–H groups in total. The van der Waals surface area contributed by atoms with Gasteiger partial charge in [-0.25, -0.2) is 19.4 Å². The summed E-state index contributed by atoms with van der Waals surface area (Å²) in [5.41, 5.74) is -2.43. The minimum absolute atomic E-state index is 0.262. The zero-order chi connectivity index (χ0) is 17.8. The van der Waals surface area contributed by atoms with E-state index in [0.29, 0.717) is 25.7 Å². The van der Waals surface area contributed by atoms with Crippen LogP contribution in [0.3, 0.4) is 0 Å². The van der Waals surface area contributed by atoms with Gasteiger partial charge in [-0.1, -0.05) is 38.5 Å². The van der Waals surface area contributed by atoms with Crippen molar-refractivity contribution in [3.05, 3.63) is 0 Å². The van der Waals surface area contributed by atoms with Gasteiger partial charge in [0.25, 0.3) is 0 Å². The molecular formula is C18H26O6. The third kappa shape index (κ3) is 3.37. The molecule has 2 aliphatic carbocycles. The Morgan fingerprint density at radius 2 is 0.875 bits per heavy atom. The van der Waals surface area contributed by atoms with E-state index in [2.05, 4.69) is 0 Å². The highest BCUT2D eigenvalue weighted by molar-refractivity contribution is 6.04. The van der Waals surface area contributed by atoms with Crippen LogP contribution < -0.4 is 0 Å². The van der Waals surface area contributed by atoms with Crippen LogP contribution in [0.4, 0.5) is 0 Å². The zero-order valence-electron chi connectivity index (χ0n) is 14.5. The van der Waals surface area contributed by atoms with Crippen molar-refractivity contribution >= 4 is 23.5 Å². The van der Waals surface area contributed by atoms with E-state index < -0.39 is 22.8 Å². The Labute approximate surface area is 142 Å². The van der Waals surface area contributed by atoms with E-state index in [-0.39, 0.29) is 11.6 Å². The van der Waals surface area contributed by atoms with Crippen molar-refractivity contribution in [2.75, 3.05) is 0 Å². The molecule has 134 valence electrons. The quantitative estimate of drug-likeness (QED) is 0.445. The van der Waals surface area contributed by atoms with Gasteiger partial charge in [0.15, 0.2) is 0 Å². The second kappa shape index (κ2) is 7.45. The molecule has 24 heavy (non-hydrogen) atoms. The number of carbonyl (C=O) groups excluding carboxylic acids is 4. The molecule has 0 aromatic heterocycles. The maximum absolute atomic E-state index is 12.4. The van der Waals surface area contributed by atoms with E-state index in [1.54, 1.807) is 0 Å². The number of rotatable bonds is 4. The van der Waals surface area contributed by atoms with E-state index in [9.17, 15) is 19.2 Å². The first-order valence-corrected chi connectivity index (χ1v) is 8.81. The third-order valence-electron chi connectivity index (χ3n) is 5.74. The zero-order valence-corrected chi connectivity index (χ0v) is 14.5. The van der Waals surface area contributed by atoms with Crippen LogP contribution in [0, 0.1) is 10.8 Å². The predicted octanol–water partition coefficient (Wildman–Crippen LogP) is 3.07. The van der Waals surface area contributed by atoms with Gasteiger partial charge >= 0.3 is 11.9 Å². The molecule has 0 atom stereocenters. The van der Waals surface area contributed by atoms with Crippen LogP contribution in [0.5, 0.6) is 0 Å². The Hall–Kier alpha value is -1.72. The Kier molecular flexibility index (Phi) is 5.78. The molecule has 2 fully saturated rings. The Bertz CT molecular complexity index is 476. The number of ketones is 2. The average Bonchev–Trinajstić information content (AvgIpc) is 2.60. The summed E-state index contributed by atoms with van der Waals surface area (Å²) in [6.07, 6.45) is 6.64. The number of hydrogen-bond donors (Lipinski definition) is 0. The van der Waals surface area contributed by atoms with Gasteiger partial charge in [-0.3, -0.25) is 9.59 Å². The molecule has 0 aromatic rings. The van der Waals surface area contributed by atoms with Gasteiger partial charge in [0.05, 0.1) is 0 Å². The fraction of sp³-hybridized carbons (Fsp3) is 0.778. The maximum Gasteiger partial charge on any atom is 0.368 e. The monoisotopic (exact) mass is 338 g/mol. The summed E-state index contributed by atoms with van der Waals surface area (Å²) in [6.45, 7) is 2.74. The van der Waals surface area contributed by atoms with E-state index >= 15 is 0 Å². The van der Waals surface area contributed by atoms with E-state index in [4.69, 9.17) is 9.78 Å². The molecule has 6 heteroatoms. The van der Waals surface area contributed by atoms with Crippen molar-refractivity contribution in [1.82, 2.24) is 0 Å². The molecule has 2 aliphatic rings. The number of Topliss-reactive ketones (excluding diaryl/α,β-unsaturated/α-hetero) is 2. The van der Waals surface area contributed by atoms with Crippen LogP contribution in [-0.2, 0) is 29.0 Å². The summed E-state index contributed by atoms with van der Waals surface area (Å²) in [7, 11) is 0. The van der Waals surface area contributed by atoms with Crippen LogP contribution in [-0.4, -0.2) is 23.5 Å². The van der Waals surface area contributed by atoms with Gasteiger partial charge in [0.1, 0.15) is 22.4 Å². The predicted molar refractivity (Wildman–Crippen MR) is 84.6 cm³/mol. The topological polar surface area (TPSA) is 86.7 Å². The third-order valence-corrected chi connectivity index (χ3v) is 5.74. The summed E-state index contributed by atoms with van der Waals surface area (Å²) < 4.78 is 0. The van der Waals surface area contributed by atoms with Crippen molar-refractivity contribution < 1.29 is 29.0 Å². The molecule has 0 radical (unpaired) electrons. The fourth-order valence-electron chi connectivity index (χ4n) is 3.95. The largest absolute Gasteiger partial charge is 0.368 e. The lowest BCUT2D eigenvalue weighted by molar-refractivity contribution is -0.273. The van der Waals surface area contributed by atoms with E-state index in [0.717, 1.165) is 38.5 Å². The second-order valence-electron chi connectivity index (χ2n) is 7.14. The molecule has 2 rings (SSSR count). The van der Waals surface area contributed by atoms with E-state index in [1.807, 2.05) is 0 Å². The lowest BCUT2D eigenvalue weighted by Gasteiger charge is -2.33. The lowest BCUT2D eigenvalue weighted by atomic mass is 9.71. The summed E-state index contributed by atoms with van der Waals surface area (Å²) in [4.78, 5) is 58.4. The van der Waals surface area contributed by atoms with Crippen LogP contribution in [0.2, 0.25) is 0 Å². The molecule has 0 aromatic carbocycles. The maximum atomic E-state index is 12.4. The molecule has 0 spiro atoms. The van der Waals surface area contributed by atoms with Crippen LogP contribution in [0.15, 0.2) is 0 Å². The van der Waals surface area contributed by atoms with E-state index in [1.165, 1.54) is 13.8 Å². The van der Waals surface area contributed by atoms with Crippen molar-refractivity contribution in [2.45, 2.75) is 78.1 Å². The summed E-state index contributed by atoms with van der Waals surface area (Å²) in [5.74, 6) is -2.14. The SMILES string of the molecule is CC(=O)C1(C(=O)OOC(=O)C2(C(C)=O)CCCCC2)CCCCC1. The average molecular weight is 338 g/mol. The van der Waals surface area contributed by atoms with Crippen molar-refractivity contribution in [2.24, 2.45) is 10.8 Å². The van der Waals surface area contributed by atoms with Gasteiger partial charge in [-0.15, -0.1) is 0 Å². The van der Waals surface area contributed by atoms with Gasteiger partial charge in [-0.05, 0) is 39.5 Å². The molecule has 0 amide bonds. The van der Waals surface area contributed by atoms with Gasteiger partial charge in [0.2, 0.25) is 0 Å². The van der Waals surface area contributed by atoms with Crippen molar-refractivity contribution in [3.63, 3.8) is 0 Å². The molecular weight excluding hydrogens is 312 g/mol. The smallest absolute Gasteiger partial charge is 0.299 e. The molecule has 2 saturated carbocycles. The first-order chi connectivity index (χ1) is 11.3. The standard InChI is InChI=1S/C18H26O6/c1-13(19)17(9-5-3-6-10-17)15(21)23-24-16(22)18(14(2)20)11-7-4-8-12-18/h3-12H2,1-2H3.